The number of benzene rings is 1. The summed E-state index contributed by atoms with van der Waals surface area (Å²) in [6.07, 6.45) is 2.32. The molecule has 1 aromatic carbocycles. The summed E-state index contributed by atoms with van der Waals surface area (Å²) in [5.41, 5.74) is 3.80. The Morgan fingerprint density at radius 3 is 2.89 bits per heavy atom. The Bertz CT molecular complexity index is 500. The van der Waals surface area contributed by atoms with E-state index in [0.29, 0.717) is 6.42 Å². The largest absolute Gasteiger partial charge is 0.496 e. The fourth-order valence-corrected chi connectivity index (χ4v) is 2.20. The summed E-state index contributed by atoms with van der Waals surface area (Å²) in [5.74, 6) is 7.29. The summed E-state index contributed by atoms with van der Waals surface area (Å²) in [6.45, 7) is 0. The summed E-state index contributed by atoms with van der Waals surface area (Å²) < 4.78 is 11.7. The van der Waals surface area contributed by atoms with Crippen LogP contribution in [-0.4, -0.2) is 7.11 Å². The molecule has 2 rings (SSSR count). The number of furan rings is 1. The van der Waals surface area contributed by atoms with Gasteiger partial charge in [0.05, 0.1) is 19.4 Å². The van der Waals surface area contributed by atoms with Gasteiger partial charge in [0.15, 0.2) is 0 Å². The lowest BCUT2D eigenvalue weighted by molar-refractivity contribution is 0.392. The number of ether oxygens (including phenoxy) is 1. The number of hydrogen-bond acceptors (Lipinski definition) is 4. The van der Waals surface area contributed by atoms with E-state index in [-0.39, 0.29) is 6.04 Å². The molecule has 0 aliphatic carbocycles. The minimum Gasteiger partial charge on any atom is -0.496 e. The molecule has 0 fully saturated rings. The van der Waals surface area contributed by atoms with Gasteiger partial charge in [0.2, 0.25) is 0 Å². The smallest absolute Gasteiger partial charge is 0.124 e. The summed E-state index contributed by atoms with van der Waals surface area (Å²) in [4.78, 5) is 0. The molecule has 1 unspecified atom stereocenters. The van der Waals surface area contributed by atoms with E-state index in [1.165, 1.54) is 0 Å². The molecule has 0 radical (unpaired) electrons. The second-order valence-electron chi connectivity index (χ2n) is 3.89. The highest BCUT2D eigenvalue weighted by Gasteiger charge is 2.16. The molecular formula is C13H15BrN2O2. The monoisotopic (exact) mass is 310 g/mol. The minimum absolute atomic E-state index is 0.0563. The molecule has 0 amide bonds. The average molecular weight is 311 g/mol. The van der Waals surface area contributed by atoms with Crippen LogP contribution in [0.15, 0.2) is 45.5 Å². The molecular weight excluding hydrogens is 296 g/mol. The number of rotatable bonds is 5. The normalized spacial score (nSPS) is 12.4. The fourth-order valence-electron chi connectivity index (χ4n) is 1.86. The second kappa shape index (κ2) is 6.04. The van der Waals surface area contributed by atoms with Gasteiger partial charge in [-0.25, -0.2) is 0 Å². The number of nitrogens with two attached hydrogens (primary N) is 1. The van der Waals surface area contributed by atoms with Crippen molar-refractivity contribution in [3.05, 3.63) is 52.4 Å². The van der Waals surface area contributed by atoms with Gasteiger partial charge in [0.1, 0.15) is 11.5 Å². The van der Waals surface area contributed by atoms with E-state index in [1.54, 1.807) is 13.4 Å². The quantitative estimate of drug-likeness (QED) is 0.658. The predicted molar refractivity (Wildman–Crippen MR) is 73.2 cm³/mol. The molecule has 0 aliphatic rings. The zero-order chi connectivity index (χ0) is 13.0. The van der Waals surface area contributed by atoms with Crippen LogP contribution in [0.3, 0.4) is 0 Å². The third kappa shape index (κ3) is 2.93. The van der Waals surface area contributed by atoms with Crippen molar-refractivity contribution >= 4 is 15.9 Å². The first-order valence-corrected chi connectivity index (χ1v) is 6.36. The topological polar surface area (TPSA) is 60.4 Å². The van der Waals surface area contributed by atoms with Crippen LogP contribution in [0.25, 0.3) is 0 Å². The summed E-state index contributed by atoms with van der Waals surface area (Å²) in [6, 6.07) is 9.60. The van der Waals surface area contributed by atoms with E-state index >= 15 is 0 Å². The van der Waals surface area contributed by atoms with E-state index in [9.17, 15) is 0 Å². The maximum absolute atomic E-state index is 5.62. The lowest BCUT2D eigenvalue weighted by atomic mass is 10.0. The first-order valence-electron chi connectivity index (χ1n) is 5.56. The van der Waals surface area contributed by atoms with Gasteiger partial charge in [-0.15, -0.1) is 0 Å². The van der Waals surface area contributed by atoms with E-state index < -0.39 is 0 Å². The van der Waals surface area contributed by atoms with Crippen LogP contribution >= 0.6 is 15.9 Å². The Morgan fingerprint density at radius 2 is 2.28 bits per heavy atom. The highest BCUT2D eigenvalue weighted by atomic mass is 79.9. The number of halogens is 1. The number of methoxy groups -OCH3 is 1. The Morgan fingerprint density at radius 1 is 1.44 bits per heavy atom. The lowest BCUT2D eigenvalue weighted by Crippen LogP contribution is -2.29. The van der Waals surface area contributed by atoms with E-state index in [1.807, 2.05) is 30.3 Å². The molecule has 1 aromatic heterocycles. The molecule has 0 aliphatic heterocycles. The molecule has 5 heteroatoms. The van der Waals surface area contributed by atoms with Crippen LogP contribution in [0, 0.1) is 0 Å². The Balaban J connectivity index is 2.26. The molecule has 1 atom stereocenters. The molecule has 3 N–H and O–H groups in total. The molecule has 0 saturated heterocycles. The SMILES string of the molecule is COc1cc(Br)ccc1C(Cc1ccco1)NN. The van der Waals surface area contributed by atoms with Crippen molar-refractivity contribution < 1.29 is 9.15 Å². The Kier molecular flexibility index (Phi) is 4.41. The summed E-state index contributed by atoms with van der Waals surface area (Å²) in [5, 5.41) is 0. The van der Waals surface area contributed by atoms with Gasteiger partial charge < -0.3 is 9.15 Å². The summed E-state index contributed by atoms with van der Waals surface area (Å²) >= 11 is 3.42. The van der Waals surface area contributed by atoms with Crippen molar-refractivity contribution in [2.45, 2.75) is 12.5 Å². The van der Waals surface area contributed by atoms with Crippen molar-refractivity contribution in [3.63, 3.8) is 0 Å². The molecule has 96 valence electrons. The van der Waals surface area contributed by atoms with Crippen LogP contribution in [0.1, 0.15) is 17.4 Å². The molecule has 0 bridgehead atoms. The average Bonchev–Trinajstić information content (AvgIpc) is 2.89. The molecule has 18 heavy (non-hydrogen) atoms. The van der Waals surface area contributed by atoms with Crippen molar-refractivity contribution in [1.82, 2.24) is 5.43 Å². The van der Waals surface area contributed by atoms with E-state index in [4.69, 9.17) is 15.0 Å². The van der Waals surface area contributed by atoms with Gasteiger partial charge in [-0.05, 0) is 24.3 Å². The Labute approximate surface area is 114 Å². The fraction of sp³-hybridized carbons (Fsp3) is 0.231. The van der Waals surface area contributed by atoms with Crippen LogP contribution < -0.4 is 16.0 Å². The highest BCUT2D eigenvalue weighted by molar-refractivity contribution is 9.10. The van der Waals surface area contributed by atoms with Gasteiger partial charge in [-0.1, -0.05) is 22.0 Å². The number of hydrogen-bond donors (Lipinski definition) is 2. The van der Waals surface area contributed by atoms with Crippen LogP contribution in [-0.2, 0) is 6.42 Å². The Hall–Kier alpha value is -1.30. The van der Waals surface area contributed by atoms with E-state index in [2.05, 4.69) is 21.4 Å². The van der Waals surface area contributed by atoms with Gasteiger partial charge in [0.25, 0.3) is 0 Å². The molecule has 4 nitrogen and oxygen atoms in total. The van der Waals surface area contributed by atoms with Gasteiger partial charge in [-0.2, -0.15) is 0 Å². The zero-order valence-electron chi connectivity index (χ0n) is 10.0. The van der Waals surface area contributed by atoms with Gasteiger partial charge in [0, 0.05) is 16.5 Å². The first kappa shape index (κ1) is 13.1. The maximum atomic E-state index is 5.62. The van der Waals surface area contributed by atoms with Crippen LogP contribution in [0.2, 0.25) is 0 Å². The lowest BCUT2D eigenvalue weighted by Gasteiger charge is -2.18. The molecule has 2 aromatic rings. The minimum atomic E-state index is -0.0563. The zero-order valence-corrected chi connectivity index (χ0v) is 11.6. The third-order valence-corrected chi connectivity index (χ3v) is 3.25. The third-order valence-electron chi connectivity index (χ3n) is 2.76. The van der Waals surface area contributed by atoms with Crippen LogP contribution in [0.5, 0.6) is 5.75 Å². The van der Waals surface area contributed by atoms with Crippen molar-refractivity contribution in [1.29, 1.82) is 0 Å². The van der Waals surface area contributed by atoms with Gasteiger partial charge in [-0.3, -0.25) is 11.3 Å². The first-order chi connectivity index (χ1) is 8.74. The predicted octanol–water partition coefficient (Wildman–Crippen LogP) is 2.80. The summed E-state index contributed by atoms with van der Waals surface area (Å²) in [7, 11) is 1.64. The standard InChI is InChI=1S/C13H15BrN2O2/c1-17-13-7-9(14)4-5-11(13)12(16-15)8-10-3-2-6-18-10/h2-7,12,16H,8,15H2,1H3. The molecule has 0 saturated carbocycles. The van der Waals surface area contributed by atoms with Crippen LogP contribution in [0.4, 0.5) is 0 Å². The van der Waals surface area contributed by atoms with E-state index in [0.717, 1.165) is 21.5 Å². The van der Waals surface area contributed by atoms with Gasteiger partial charge >= 0.3 is 0 Å². The van der Waals surface area contributed by atoms with Crippen molar-refractivity contribution in [3.8, 4) is 5.75 Å². The van der Waals surface area contributed by atoms with Crippen molar-refractivity contribution in [2.75, 3.05) is 7.11 Å². The van der Waals surface area contributed by atoms with Crippen molar-refractivity contribution in [2.24, 2.45) is 5.84 Å². The molecule has 0 spiro atoms. The molecule has 1 heterocycles. The number of hydrazine groups is 1. The maximum Gasteiger partial charge on any atom is 0.124 e. The number of nitrogens with one attached hydrogen (secondary N) is 1. The second-order valence-corrected chi connectivity index (χ2v) is 4.80. The highest BCUT2D eigenvalue weighted by Crippen LogP contribution is 2.30.